The van der Waals surface area contributed by atoms with Gasteiger partial charge in [0.05, 0.1) is 18.8 Å². The quantitative estimate of drug-likeness (QED) is 0.223. The zero-order chi connectivity index (χ0) is 21.1. The molecule has 174 valence electrons. The SMILES string of the molecule is CCCC(O)(CCC)CNC(=NCc1nnc(C)n1C)NCCN1CCOCC1.I. The first-order valence-electron chi connectivity index (χ1n) is 10.9. The second-order valence-corrected chi connectivity index (χ2v) is 7.85. The highest BCUT2D eigenvalue weighted by atomic mass is 127. The minimum Gasteiger partial charge on any atom is -0.388 e. The number of hydrogen-bond acceptors (Lipinski definition) is 6. The van der Waals surface area contributed by atoms with E-state index in [2.05, 4.69) is 39.6 Å². The molecule has 1 aliphatic rings. The number of aromatic nitrogens is 3. The van der Waals surface area contributed by atoms with Gasteiger partial charge in [-0.1, -0.05) is 26.7 Å². The molecule has 3 N–H and O–H groups in total. The molecule has 1 aromatic rings. The van der Waals surface area contributed by atoms with E-state index in [1.807, 2.05) is 18.5 Å². The second-order valence-electron chi connectivity index (χ2n) is 7.85. The summed E-state index contributed by atoms with van der Waals surface area (Å²) in [5.41, 5.74) is -0.711. The number of aliphatic imine (C=N–C) groups is 1. The molecule has 0 bridgehead atoms. The molecule has 2 rings (SSSR count). The molecule has 1 fully saturated rings. The summed E-state index contributed by atoms with van der Waals surface area (Å²) in [7, 11) is 1.94. The van der Waals surface area contributed by atoms with Crippen molar-refractivity contribution in [1.82, 2.24) is 30.3 Å². The third kappa shape index (κ3) is 9.03. The van der Waals surface area contributed by atoms with Crippen LogP contribution in [0.3, 0.4) is 0 Å². The number of ether oxygens (including phenoxy) is 1. The van der Waals surface area contributed by atoms with Crippen LogP contribution >= 0.6 is 24.0 Å². The number of nitrogens with one attached hydrogen (secondary N) is 2. The Morgan fingerprint density at radius 3 is 2.40 bits per heavy atom. The molecule has 0 saturated carbocycles. The van der Waals surface area contributed by atoms with Crippen molar-refractivity contribution < 1.29 is 9.84 Å². The van der Waals surface area contributed by atoms with E-state index in [1.165, 1.54) is 0 Å². The van der Waals surface area contributed by atoms with Crippen LogP contribution in [0.15, 0.2) is 4.99 Å². The van der Waals surface area contributed by atoms with E-state index in [9.17, 15) is 5.11 Å². The van der Waals surface area contributed by atoms with Gasteiger partial charge in [-0.3, -0.25) is 4.90 Å². The van der Waals surface area contributed by atoms with Gasteiger partial charge in [0.15, 0.2) is 11.8 Å². The van der Waals surface area contributed by atoms with E-state index in [0.717, 1.165) is 76.7 Å². The standard InChI is InChI=1S/C20H39N7O2.HI/c1-5-7-20(28,8-6-2)16-23-19(21-9-10-27-11-13-29-14-12-27)22-15-18-25-24-17(3)26(18)4;/h28H,5-16H2,1-4H3,(H2,21,22,23);1H. The van der Waals surface area contributed by atoms with Crippen LogP contribution in [0.25, 0.3) is 0 Å². The van der Waals surface area contributed by atoms with Crippen molar-refractivity contribution in [1.29, 1.82) is 0 Å². The van der Waals surface area contributed by atoms with Gasteiger partial charge in [0.1, 0.15) is 12.4 Å². The Labute approximate surface area is 198 Å². The summed E-state index contributed by atoms with van der Waals surface area (Å²) in [6.07, 6.45) is 3.45. The molecule has 0 aliphatic carbocycles. The largest absolute Gasteiger partial charge is 0.388 e. The number of aliphatic hydroxyl groups is 1. The Balaban J connectivity index is 0.00000450. The van der Waals surface area contributed by atoms with E-state index in [1.54, 1.807) is 0 Å². The predicted octanol–water partition coefficient (Wildman–Crippen LogP) is 1.44. The van der Waals surface area contributed by atoms with E-state index >= 15 is 0 Å². The molecule has 0 unspecified atom stereocenters. The predicted molar refractivity (Wildman–Crippen MR) is 130 cm³/mol. The fourth-order valence-corrected chi connectivity index (χ4v) is 3.55. The minimum absolute atomic E-state index is 0. The zero-order valence-electron chi connectivity index (χ0n) is 19.0. The van der Waals surface area contributed by atoms with Gasteiger partial charge in [-0.2, -0.15) is 0 Å². The van der Waals surface area contributed by atoms with Crippen LogP contribution in [0.4, 0.5) is 0 Å². The molecule has 30 heavy (non-hydrogen) atoms. The number of rotatable bonds is 11. The van der Waals surface area contributed by atoms with Gasteiger partial charge in [-0.05, 0) is 19.8 Å². The maximum Gasteiger partial charge on any atom is 0.191 e. The van der Waals surface area contributed by atoms with Crippen LogP contribution < -0.4 is 10.6 Å². The Morgan fingerprint density at radius 1 is 1.17 bits per heavy atom. The number of aryl methyl sites for hydroxylation is 1. The highest BCUT2D eigenvalue weighted by Crippen LogP contribution is 2.18. The average Bonchev–Trinajstić information content (AvgIpc) is 3.03. The maximum absolute atomic E-state index is 10.9. The number of halogens is 1. The van der Waals surface area contributed by atoms with Crippen LogP contribution in [0.5, 0.6) is 0 Å². The lowest BCUT2D eigenvalue weighted by atomic mass is 9.93. The van der Waals surface area contributed by atoms with Crippen molar-refractivity contribution in [2.45, 2.75) is 58.6 Å². The lowest BCUT2D eigenvalue weighted by Gasteiger charge is -2.29. The molecule has 1 saturated heterocycles. The lowest BCUT2D eigenvalue weighted by Crippen LogP contribution is -2.49. The number of hydrogen-bond donors (Lipinski definition) is 3. The first-order chi connectivity index (χ1) is 14.0. The third-order valence-electron chi connectivity index (χ3n) is 5.40. The summed E-state index contributed by atoms with van der Waals surface area (Å²) >= 11 is 0. The van der Waals surface area contributed by atoms with E-state index < -0.39 is 5.60 Å². The Morgan fingerprint density at radius 2 is 1.83 bits per heavy atom. The number of morpholine rings is 1. The smallest absolute Gasteiger partial charge is 0.191 e. The van der Waals surface area contributed by atoms with Crippen LogP contribution in [0.1, 0.15) is 51.2 Å². The summed E-state index contributed by atoms with van der Waals surface area (Å²) < 4.78 is 7.35. The van der Waals surface area contributed by atoms with E-state index in [0.29, 0.717) is 19.0 Å². The van der Waals surface area contributed by atoms with Gasteiger partial charge in [0.25, 0.3) is 0 Å². The summed E-state index contributed by atoms with van der Waals surface area (Å²) in [4.78, 5) is 7.07. The first-order valence-corrected chi connectivity index (χ1v) is 10.9. The molecular formula is C20H40IN7O2. The molecule has 0 spiro atoms. The van der Waals surface area contributed by atoms with E-state index in [4.69, 9.17) is 9.73 Å². The molecule has 0 atom stereocenters. The van der Waals surface area contributed by atoms with Gasteiger partial charge in [-0.15, -0.1) is 34.2 Å². The lowest BCUT2D eigenvalue weighted by molar-refractivity contribution is 0.0256. The average molecular weight is 537 g/mol. The Bertz CT molecular complexity index is 627. The van der Waals surface area contributed by atoms with Gasteiger partial charge in [0, 0.05) is 39.8 Å². The molecule has 0 amide bonds. The normalized spacial score (nSPS) is 15.7. The van der Waals surface area contributed by atoms with Crippen LogP contribution in [0, 0.1) is 6.92 Å². The topological polar surface area (TPSA) is 99.8 Å². The molecule has 0 radical (unpaired) electrons. The van der Waals surface area contributed by atoms with Crippen molar-refractivity contribution in [2.75, 3.05) is 45.9 Å². The zero-order valence-corrected chi connectivity index (χ0v) is 21.3. The highest BCUT2D eigenvalue weighted by molar-refractivity contribution is 14.0. The molecule has 10 heteroatoms. The number of nitrogens with zero attached hydrogens (tertiary/aromatic N) is 5. The van der Waals surface area contributed by atoms with Crippen LogP contribution in [-0.2, 0) is 18.3 Å². The fraction of sp³-hybridized carbons (Fsp3) is 0.850. The van der Waals surface area contributed by atoms with E-state index in [-0.39, 0.29) is 24.0 Å². The van der Waals surface area contributed by atoms with Crippen molar-refractivity contribution in [3.05, 3.63) is 11.6 Å². The van der Waals surface area contributed by atoms with Crippen molar-refractivity contribution in [3.8, 4) is 0 Å². The summed E-state index contributed by atoms with van der Waals surface area (Å²) in [6, 6.07) is 0. The summed E-state index contributed by atoms with van der Waals surface area (Å²) in [6.45, 7) is 12.3. The first kappa shape index (κ1) is 27.1. The van der Waals surface area contributed by atoms with Gasteiger partial charge >= 0.3 is 0 Å². The molecular weight excluding hydrogens is 497 g/mol. The van der Waals surface area contributed by atoms with Crippen LogP contribution in [-0.4, -0.2) is 82.3 Å². The minimum atomic E-state index is -0.711. The number of guanidine groups is 1. The summed E-state index contributed by atoms with van der Waals surface area (Å²) in [5.74, 6) is 2.38. The highest BCUT2D eigenvalue weighted by Gasteiger charge is 2.25. The maximum atomic E-state index is 10.9. The van der Waals surface area contributed by atoms with Crippen molar-refractivity contribution in [3.63, 3.8) is 0 Å². The van der Waals surface area contributed by atoms with Gasteiger partial charge < -0.3 is 25.0 Å². The fourth-order valence-electron chi connectivity index (χ4n) is 3.55. The molecule has 0 aromatic carbocycles. The third-order valence-corrected chi connectivity index (χ3v) is 5.40. The van der Waals surface area contributed by atoms with Gasteiger partial charge in [0.2, 0.25) is 0 Å². The van der Waals surface area contributed by atoms with Gasteiger partial charge in [-0.25, -0.2) is 4.99 Å². The van der Waals surface area contributed by atoms with Crippen molar-refractivity contribution in [2.24, 2.45) is 12.0 Å². The molecule has 1 aromatic heterocycles. The van der Waals surface area contributed by atoms with Crippen LogP contribution in [0.2, 0.25) is 0 Å². The molecule has 1 aliphatic heterocycles. The summed E-state index contributed by atoms with van der Waals surface area (Å²) in [5, 5.41) is 26.0. The molecule has 2 heterocycles. The Hall–Kier alpha value is -0.980. The molecule has 9 nitrogen and oxygen atoms in total. The van der Waals surface area contributed by atoms with Crippen molar-refractivity contribution >= 4 is 29.9 Å². The second kappa shape index (κ2) is 14.2. The Kier molecular flexibility index (Phi) is 12.8. The monoisotopic (exact) mass is 537 g/mol.